The van der Waals surface area contributed by atoms with Gasteiger partial charge in [0.2, 0.25) is 10.0 Å². The van der Waals surface area contributed by atoms with Gasteiger partial charge in [0.25, 0.3) is 0 Å². The number of rotatable bonds is 5. The van der Waals surface area contributed by atoms with Crippen LogP contribution in [0.15, 0.2) is 41.6 Å². The Morgan fingerprint density at radius 1 is 1.30 bits per heavy atom. The highest BCUT2D eigenvalue weighted by Gasteiger charge is 2.25. The molecular formula is C12H13F2N3O2S. The molecule has 0 radical (unpaired) electrons. The van der Waals surface area contributed by atoms with E-state index in [1.54, 1.807) is 25.4 Å². The number of hydrogen-bond donors (Lipinski definition) is 1. The van der Waals surface area contributed by atoms with E-state index in [1.165, 1.54) is 4.68 Å². The van der Waals surface area contributed by atoms with Crippen molar-refractivity contribution >= 4 is 10.0 Å². The quantitative estimate of drug-likeness (QED) is 0.911. The number of hydrogen-bond acceptors (Lipinski definition) is 3. The Kier molecular flexibility index (Phi) is 4.15. The molecule has 8 heteroatoms. The number of nitrogens with zero attached hydrogens (tertiary/aromatic N) is 2. The molecule has 1 aromatic carbocycles. The van der Waals surface area contributed by atoms with Crippen molar-refractivity contribution < 1.29 is 17.2 Å². The molecule has 0 amide bonds. The maximum atomic E-state index is 13.5. The third kappa shape index (κ3) is 3.20. The van der Waals surface area contributed by atoms with Crippen LogP contribution >= 0.6 is 0 Å². The second-order valence-electron chi connectivity index (χ2n) is 4.30. The topological polar surface area (TPSA) is 64.0 Å². The first kappa shape index (κ1) is 14.6. The van der Waals surface area contributed by atoms with Crippen LogP contribution in [0, 0.1) is 11.6 Å². The fourth-order valence-electron chi connectivity index (χ4n) is 1.79. The van der Waals surface area contributed by atoms with Gasteiger partial charge in [-0.15, -0.1) is 0 Å². The molecule has 0 aliphatic rings. The molecule has 0 saturated heterocycles. The van der Waals surface area contributed by atoms with Crippen LogP contribution in [0.2, 0.25) is 0 Å². The summed E-state index contributed by atoms with van der Waals surface area (Å²) in [6.45, 7) is 1.83. The fourth-order valence-corrected chi connectivity index (χ4v) is 3.16. The highest BCUT2D eigenvalue weighted by Crippen LogP contribution is 2.18. The van der Waals surface area contributed by atoms with Crippen LogP contribution < -0.4 is 4.72 Å². The Morgan fingerprint density at radius 2 is 1.95 bits per heavy atom. The van der Waals surface area contributed by atoms with E-state index in [0.717, 1.165) is 18.2 Å². The van der Waals surface area contributed by atoms with Crippen LogP contribution in [0.25, 0.3) is 0 Å². The number of benzene rings is 1. The average Bonchev–Trinajstić information content (AvgIpc) is 2.79. The first-order valence-electron chi connectivity index (χ1n) is 5.84. The first-order chi connectivity index (χ1) is 9.40. The molecule has 0 spiro atoms. The summed E-state index contributed by atoms with van der Waals surface area (Å²) in [5.74, 6) is -2.24. The van der Waals surface area contributed by atoms with Crippen LogP contribution in [0.3, 0.4) is 0 Å². The van der Waals surface area contributed by atoms with Crippen molar-refractivity contribution in [2.24, 2.45) is 0 Å². The zero-order valence-corrected chi connectivity index (χ0v) is 11.4. The van der Waals surface area contributed by atoms with Gasteiger partial charge in [-0.25, -0.2) is 21.9 Å². The number of aromatic nitrogens is 2. The highest BCUT2D eigenvalue weighted by molar-refractivity contribution is 7.89. The van der Waals surface area contributed by atoms with Gasteiger partial charge in [0.1, 0.15) is 11.6 Å². The van der Waals surface area contributed by atoms with Crippen molar-refractivity contribution in [2.75, 3.05) is 0 Å². The average molecular weight is 301 g/mol. The normalized spacial score (nSPS) is 13.3. The summed E-state index contributed by atoms with van der Waals surface area (Å²) in [5, 5.41) is 3.93. The standard InChI is InChI=1S/C12H13F2N3O2S/c1-9(8-17-7-3-6-15-17)16-20(18,19)12-10(13)4-2-5-11(12)14/h2-7,9,16H,8H2,1H3/t9-/m0/s1. The molecule has 5 nitrogen and oxygen atoms in total. The Bertz CT molecular complexity index is 666. The van der Waals surface area contributed by atoms with Gasteiger partial charge in [0, 0.05) is 18.4 Å². The predicted octanol–water partition coefficient (Wildman–Crippen LogP) is 1.53. The van der Waals surface area contributed by atoms with Gasteiger partial charge in [0.05, 0.1) is 6.54 Å². The molecule has 2 rings (SSSR count). The van der Waals surface area contributed by atoms with Crippen molar-refractivity contribution in [1.29, 1.82) is 0 Å². The molecule has 0 aliphatic carbocycles. The van der Waals surface area contributed by atoms with Crippen molar-refractivity contribution in [3.63, 3.8) is 0 Å². The summed E-state index contributed by atoms with van der Waals surface area (Å²) in [6, 6.07) is 4.03. The molecule has 108 valence electrons. The molecule has 20 heavy (non-hydrogen) atoms. The first-order valence-corrected chi connectivity index (χ1v) is 7.32. The van der Waals surface area contributed by atoms with Crippen LogP contribution in [0.5, 0.6) is 0 Å². The molecule has 0 unspecified atom stereocenters. The largest absolute Gasteiger partial charge is 0.271 e. The third-order valence-corrected chi connectivity index (χ3v) is 4.20. The number of sulfonamides is 1. The van der Waals surface area contributed by atoms with Crippen LogP contribution in [-0.2, 0) is 16.6 Å². The summed E-state index contributed by atoms with van der Waals surface area (Å²) >= 11 is 0. The van der Waals surface area contributed by atoms with Crippen molar-refractivity contribution in [1.82, 2.24) is 14.5 Å². The maximum Gasteiger partial charge on any atom is 0.246 e. The minimum absolute atomic E-state index is 0.252. The second kappa shape index (κ2) is 5.68. The molecule has 0 saturated carbocycles. The predicted molar refractivity (Wildman–Crippen MR) is 68.4 cm³/mol. The maximum absolute atomic E-state index is 13.5. The fraction of sp³-hybridized carbons (Fsp3) is 0.250. The molecule has 1 heterocycles. The van der Waals surface area contributed by atoms with Gasteiger partial charge < -0.3 is 0 Å². The van der Waals surface area contributed by atoms with E-state index in [4.69, 9.17) is 0 Å². The zero-order chi connectivity index (χ0) is 14.8. The van der Waals surface area contributed by atoms with Gasteiger partial charge >= 0.3 is 0 Å². The molecule has 1 aromatic heterocycles. The van der Waals surface area contributed by atoms with Crippen LogP contribution in [0.4, 0.5) is 8.78 Å². The smallest absolute Gasteiger partial charge is 0.246 e. The summed E-state index contributed by atoms with van der Waals surface area (Å²) in [5.41, 5.74) is 0. The second-order valence-corrected chi connectivity index (χ2v) is 5.95. The van der Waals surface area contributed by atoms with Crippen molar-refractivity contribution in [3.05, 3.63) is 48.3 Å². The molecule has 0 fully saturated rings. The van der Waals surface area contributed by atoms with Gasteiger partial charge in [-0.1, -0.05) is 6.07 Å². The number of nitrogens with one attached hydrogen (secondary N) is 1. The lowest BCUT2D eigenvalue weighted by Crippen LogP contribution is -2.36. The van der Waals surface area contributed by atoms with Gasteiger partial charge in [-0.2, -0.15) is 5.10 Å². The zero-order valence-electron chi connectivity index (χ0n) is 10.6. The summed E-state index contributed by atoms with van der Waals surface area (Å²) in [4.78, 5) is -0.965. The van der Waals surface area contributed by atoms with E-state index < -0.39 is 32.6 Å². The van der Waals surface area contributed by atoms with Crippen molar-refractivity contribution in [3.8, 4) is 0 Å². The lowest BCUT2D eigenvalue weighted by molar-refractivity contribution is 0.480. The monoisotopic (exact) mass is 301 g/mol. The van der Waals surface area contributed by atoms with E-state index in [1.807, 2.05) is 0 Å². The van der Waals surface area contributed by atoms with E-state index in [2.05, 4.69) is 9.82 Å². The van der Waals surface area contributed by atoms with Gasteiger partial charge in [0.15, 0.2) is 4.90 Å². The minimum atomic E-state index is -4.27. The Balaban J connectivity index is 2.19. The van der Waals surface area contributed by atoms with Gasteiger partial charge in [-0.3, -0.25) is 4.68 Å². The summed E-state index contributed by atoms with van der Waals surface area (Å²) in [6.07, 6.45) is 3.21. The van der Waals surface area contributed by atoms with Crippen LogP contribution in [0.1, 0.15) is 6.92 Å². The third-order valence-electron chi connectivity index (χ3n) is 2.56. The molecule has 1 atom stereocenters. The Hall–Kier alpha value is -1.80. The summed E-state index contributed by atoms with van der Waals surface area (Å²) in [7, 11) is -4.27. The van der Waals surface area contributed by atoms with Crippen LogP contribution in [-0.4, -0.2) is 24.2 Å². The number of halogens is 2. The highest BCUT2D eigenvalue weighted by atomic mass is 32.2. The minimum Gasteiger partial charge on any atom is -0.271 e. The van der Waals surface area contributed by atoms with Gasteiger partial charge in [-0.05, 0) is 25.1 Å². The molecule has 0 aliphatic heterocycles. The molecule has 2 aromatic rings. The van der Waals surface area contributed by atoms with E-state index in [0.29, 0.717) is 0 Å². The van der Waals surface area contributed by atoms with E-state index >= 15 is 0 Å². The lowest BCUT2D eigenvalue weighted by atomic mass is 10.3. The molecule has 0 bridgehead atoms. The van der Waals surface area contributed by atoms with E-state index in [9.17, 15) is 17.2 Å². The summed E-state index contributed by atoms with van der Waals surface area (Å²) < 4.78 is 54.7. The molecular weight excluding hydrogens is 288 g/mol. The van der Waals surface area contributed by atoms with E-state index in [-0.39, 0.29) is 6.54 Å². The Labute approximate surface area is 115 Å². The lowest BCUT2D eigenvalue weighted by Gasteiger charge is -2.15. The SMILES string of the molecule is C[C@@H](Cn1cccn1)NS(=O)(=O)c1c(F)cccc1F. The molecule has 1 N–H and O–H groups in total. The van der Waals surface area contributed by atoms with Crippen molar-refractivity contribution in [2.45, 2.75) is 24.4 Å². The Morgan fingerprint density at radius 3 is 2.50 bits per heavy atom.